The number of rotatable bonds is 6. The highest BCUT2D eigenvalue weighted by molar-refractivity contribution is 6.62. The summed E-state index contributed by atoms with van der Waals surface area (Å²) in [6.45, 7) is 11.9. The monoisotopic (exact) mass is 408 g/mol. The van der Waals surface area contributed by atoms with Gasteiger partial charge in [-0.2, -0.15) is 0 Å². The number of benzene rings is 2. The Morgan fingerprint density at radius 3 is 2.30 bits per heavy atom. The Kier molecular flexibility index (Phi) is 5.12. The molecule has 0 bridgehead atoms. The van der Waals surface area contributed by atoms with Gasteiger partial charge in [-0.15, -0.1) is 0 Å². The molecule has 0 N–H and O–H groups in total. The summed E-state index contributed by atoms with van der Waals surface area (Å²) < 4.78 is 28.9. The van der Waals surface area contributed by atoms with Crippen LogP contribution in [0.1, 0.15) is 27.7 Å². The number of carbonyl (C=O) groups is 1. The first kappa shape index (κ1) is 20.5. The van der Waals surface area contributed by atoms with Gasteiger partial charge in [0, 0.05) is 22.9 Å². The summed E-state index contributed by atoms with van der Waals surface area (Å²) in [4.78, 5) is 11.1. The topological polar surface area (TPSA) is 67.1 Å². The largest absolute Gasteiger partial charge is 0.494 e. The first-order valence-electron chi connectivity index (χ1n) is 9.94. The molecule has 1 fully saturated rings. The van der Waals surface area contributed by atoms with Crippen molar-refractivity contribution in [3.8, 4) is 5.75 Å². The molecule has 156 valence electrons. The Hall–Kier alpha value is -2.77. The fraction of sp³-hybridized carbons (Fsp3) is 0.348. The first-order chi connectivity index (χ1) is 14.2. The van der Waals surface area contributed by atoms with Crippen molar-refractivity contribution >= 4 is 40.5 Å². The predicted molar refractivity (Wildman–Crippen MR) is 116 cm³/mol. The van der Waals surface area contributed by atoms with Gasteiger partial charge in [0.15, 0.2) is 0 Å². The molecular formula is C23H25BO6. The van der Waals surface area contributed by atoms with Crippen LogP contribution in [0.4, 0.5) is 0 Å². The molecule has 2 aromatic carbocycles. The fourth-order valence-electron chi connectivity index (χ4n) is 3.35. The zero-order valence-electron chi connectivity index (χ0n) is 17.7. The van der Waals surface area contributed by atoms with Gasteiger partial charge in [0.05, 0.1) is 11.2 Å². The third-order valence-corrected chi connectivity index (χ3v) is 5.76. The molecule has 0 radical (unpaired) electrons. The Balaban J connectivity index is 1.54. The van der Waals surface area contributed by atoms with Crippen molar-refractivity contribution in [1.29, 1.82) is 0 Å². The lowest BCUT2D eigenvalue weighted by Gasteiger charge is -2.32. The average molecular weight is 408 g/mol. The number of hydrogen-bond donors (Lipinski definition) is 0. The SMILES string of the molecule is C=CC(=O)OCCOc1ccc2c(c1)oc1cc(B3OC(C)(C)C(C)(C)O3)ccc12. The molecule has 0 unspecified atom stereocenters. The van der Waals surface area contributed by atoms with Gasteiger partial charge in [0.25, 0.3) is 0 Å². The molecule has 6 nitrogen and oxygen atoms in total. The molecule has 30 heavy (non-hydrogen) atoms. The second-order valence-corrected chi connectivity index (χ2v) is 8.32. The second-order valence-electron chi connectivity index (χ2n) is 8.32. The van der Waals surface area contributed by atoms with Crippen LogP contribution in [0.2, 0.25) is 0 Å². The van der Waals surface area contributed by atoms with Crippen LogP contribution in [0.25, 0.3) is 21.9 Å². The van der Waals surface area contributed by atoms with Crippen molar-refractivity contribution in [1.82, 2.24) is 0 Å². The highest BCUT2D eigenvalue weighted by atomic mass is 16.7. The fourth-order valence-corrected chi connectivity index (χ4v) is 3.35. The van der Waals surface area contributed by atoms with E-state index in [4.69, 9.17) is 23.2 Å². The maximum absolute atomic E-state index is 11.1. The van der Waals surface area contributed by atoms with Gasteiger partial charge in [-0.3, -0.25) is 0 Å². The van der Waals surface area contributed by atoms with E-state index < -0.39 is 24.3 Å². The summed E-state index contributed by atoms with van der Waals surface area (Å²) in [7, 11) is -0.440. The van der Waals surface area contributed by atoms with Gasteiger partial charge in [-0.05, 0) is 51.4 Å². The summed E-state index contributed by atoms with van der Waals surface area (Å²) in [5.41, 5.74) is 1.60. The molecule has 0 saturated carbocycles. The van der Waals surface area contributed by atoms with Crippen molar-refractivity contribution in [2.45, 2.75) is 38.9 Å². The van der Waals surface area contributed by atoms with Crippen LogP contribution in [0.5, 0.6) is 5.75 Å². The number of carbonyl (C=O) groups excluding carboxylic acids is 1. The van der Waals surface area contributed by atoms with E-state index in [2.05, 4.69) is 6.58 Å². The highest BCUT2D eigenvalue weighted by Crippen LogP contribution is 2.37. The molecule has 1 aliphatic rings. The maximum Gasteiger partial charge on any atom is 0.494 e. The van der Waals surface area contributed by atoms with E-state index in [1.54, 1.807) is 0 Å². The number of ether oxygens (including phenoxy) is 2. The van der Waals surface area contributed by atoms with E-state index in [0.717, 1.165) is 33.5 Å². The smallest absolute Gasteiger partial charge is 0.490 e. The number of furan rings is 1. The molecule has 2 heterocycles. The van der Waals surface area contributed by atoms with E-state index in [-0.39, 0.29) is 13.2 Å². The molecule has 4 rings (SSSR count). The van der Waals surface area contributed by atoms with Crippen LogP contribution in [0.15, 0.2) is 53.5 Å². The second kappa shape index (κ2) is 7.49. The first-order valence-corrected chi connectivity index (χ1v) is 9.94. The van der Waals surface area contributed by atoms with Crippen LogP contribution < -0.4 is 10.2 Å². The van der Waals surface area contributed by atoms with Crippen molar-refractivity contribution in [2.24, 2.45) is 0 Å². The molecule has 3 aromatic rings. The summed E-state index contributed by atoms with van der Waals surface area (Å²) in [6, 6.07) is 11.7. The van der Waals surface area contributed by atoms with Crippen LogP contribution in [-0.2, 0) is 18.8 Å². The minimum Gasteiger partial charge on any atom is -0.490 e. The zero-order valence-corrected chi connectivity index (χ0v) is 17.7. The Morgan fingerprint density at radius 1 is 1.00 bits per heavy atom. The van der Waals surface area contributed by atoms with Gasteiger partial charge >= 0.3 is 13.1 Å². The molecule has 1 aromatic heterocycles. The summed E-state index contributed by atoms with van der Waals surface area (Å²) in [6.07, 6.45) is 1.12. The molecule has 1 saturated heterocycles. The number of hydrogen-bond acceptors (Lipinski definition) is 6. The third kappa shape index (κ3) is 3.71. The van der Waals surface area contributed by atoms with Crippen LogP contribution in [0.3, 0.4) is 0 Å². The highest BCUT2D eigenvalue weighted by Gasteiger charge is 2.51. The van der Waals surface area contributed by atoms with Gasteiger partial charge in [0.2, 0.25) is 0 Å². The zero-order chi connectivity index (χ0) is 21.5. The summed E-state index contributed by atoms with van der Waals surface area (Å²) in [5, 5.41) is 2.01. The van der Waals surface area contributed by atoms with Gasteiger partial charge in [-0.1, -0.05) is 18.7 Å². The molecule has 0 atom stereocenters. The van der Waals surface area contributed by atoms with Crippen molar-refractivity contribution < 1.29 is 28.0 Å². The van der Waals surface area contributed by atoms with E-state index in [1.165, 1.54) is 0 Å². The van der Waals surface area contributed by atoms with E-state index >= 15 is 0 Å². The minimum atomic E-state index is -0.468. The van der Waals surface area contributed by atoms with Gasteiger partial charge in [-0.25, -0.2) is 4.79 Å². The normalized spacial score (nSPS) is 17.4. The molecule has 0 spiro atoms. The van der Waals surface area contributed by atoms with Crippen molar-refractivity contribution in [2.75, 3.05) is 13.2 Å². The summed E-state index contributed by atoms with van der Waals surface area (Å²) in [5.74, 6) is 0.173. The van der Waals surface area contributed by atoms with Gasteiger partial charge in [0.1, 0.15) is 30.1 Å². The number of esters is 1. The predicted octanol–water partition coefficient (Wildman–Crippen LogP) is 3.99. The lowest BCUT2D eigenvalue weighted by molar-refractivity contribution is -0.138. The third-order valence-electron chi connectivity index (χ3n) is 5.76. The van der Waals surface area contributed by atoms with Crippen molar-refractivity contribution in [3.05, 3.63) is 49.1 Å². The Bertz CT molecular complexity index is 1100. The minimum absolute atomic E-state index is 0.153. The maximum atomic E-state index is 11.1. The van der Waals surface area contributed by atoms with Crippen molar-refractivity contribution in [3.63, 3.8) is 0 Å². The van der Waals surface area contributed by atoms with Crippen LogP contribution in [-0.4, -0.2) is 37.5 Å². The van der Waals surface area contributed by atoms with Crippen LogP contribution >= 0.6 is 0 Å². The Morgan fingerprint density at radius 2 is 1.63 bits per heavy atom. The standard InChI is InChI=1S/C23H25BO6/c1-6-21(25)27-12-11-26-16-8-10-18-17-9-7-15(13-19(17)28-20(18)14-16)24-29-22(2,3)23(4,5)30-24/h6-10,13-14H,1,11-12H2,2-5H3. The van der Waals surface area contributed by atoms with E-state index in [9.17, 15) is 4.79 Å². The average Bonchev–Trinajstić information content (AvgIpc) is 3.17. The molecule has 0 amide bonds. The number of fused-ring (bicyclic) bond motifs is 3. The Labute approximate surface area is 175 Å². The lowest BCUT2D eigenvalue weighted by Crippen LogP contribution is -2.41. The molecule has 7 heteroatoms. The molecule has 1 aliphatic heterocycles. The van der Waals surface area contributed by atoms with E-state index in [0.29, 0.717) is 5.75 Å². The van der Waals surface area contributed by atoms with Crippen LogP contribution in [0, 0.1) is 0 Å². The van der Waals surface area contributed by atoms with E-state index in [1.807, 2.05) is 64.1 Å². The molecular weight excluding hydrogens is 383 g/mol. The quantitative estimate of drug-likeness (QED) is 0.266. The molecule has 0 aliphatic carbocycles. The summed E-state index contributed by atoms with van der Waals surface area (Å²) >= 11 is 0. The van der Waals surface area contributed by atoms with Gasteiger partial charge < -0.3 is 23.2 Å². The lowest BCUT2D eigenvalue weighted by atomic mass is 9.79.